The van der Waals surface area contributed by atoms with Crippen LogP contribution in [0.5, 0.6) is 0 Å². The topological polar surface area (TPSA) is 19.6 Å². The van der Waals surface area contributed by atoms with Gasteiger partial charge in [0.15, 0.2) is 0 Å². The highest BCUT2D eigenvalue weighted by molar-refractivity contribution is 6.30. The van der Waals surface area contributed by atoms with Gasteiger partial charge in [-0.05, 0) is 55.8 Å². The molecule has 1 aromatic heterocycles. The number of nitrogens with zero attached hydrogens (tertiary/aromatic N) is 2. The molecule has 0 bridgehead atoms. The number of likely N-dealkylation sites (tertiary alicyclic amines) is 1. The number of hydrogen-bond acceptors (Lipinski definition) is 3. The molecule has 2 aromatic rings. The smallest absolute Gasteiger partial charge is 0.123 e. The number of halogens is 1. The third kappa shape index (κ3) is 3.65. The summed E-state index contributed by atoms with van der Waals surface area (Å²) in [7, 11) is 0. The van der Waals surface area contributed by atoms with Crippen molar-refractivity contribution >= 4 is 17.3 Å². The second kappa shape index (κ2) is 7.21. The average molecular weight is 319 g/mol. The number of rotatable bonds is 5. The van der Waals surface area contributed by atoms with E-state index < -0.39 is 0 Å². The molecule has 1 fully saturated rings. The van der Waals surface area contributed by atoms with Crippen LogP contribution in [-0.4, -0.2) is 30.6 Å². The van der Waals surface area contributed by atoms with Gasteiger partial charge in [-0.15, -0.1) is 0 Å². The van der Waals surface area contributed by atoms with Gasteiger partial charge in [-0.1, -0.05) is 18.5 Å². The number of benzene rings is 1. The molecular formula is C18H23ClN2O. The third-order valence-electron chi connectivity index (χ3n) is 4.51. The molecule has 1 saturated heterocycles. The summed E-state index contributed by atoms with van der Waals surface area (Å²) in [5, 5.41) is 0.780. The van der Waals surface area contributed by atoms with E-state index in [1.54, 1.807) is 6.26 Å². The van der Waals surface area contributed by atoms with Gasteiger partial charge in [-0.3, -0.25) is 0 Å². The maximum atomic E-state index is 6.04. The summed E-state index contributed by atoms with van der Waals surface area (Å²) in [5.41, 5.74) is 1.22. The molecule has 22 heavy (non-hydrogen) atoms. The predicted octanol–water partition coefficient (Wildman–Crippen LogP) is 4.42. The van der Waals surface area contributed by atoms with E-state index in [1.165, 1.54) is 31.6 Å². The molecule has 0 N–H and O–H groups in total. The summed E-state index contributed by atoms with van der Waals surface area (Å²) in [6.45, 7) is 6.53. The maximum Gasteiger partial charge on any atom is 0.123 e. The van der Waals surface area contributed by atoms with Crippen LogP contribution in [0.25, 0.3) is 0 Å². The second-order valence-corrected chi connectivity index (χ2v) is 6.29. The van der Waals surface area contributed by atoms with Gasteiger partial charge >= 0.3 is 0 Å². The minimum absolute atomic E-state index is 0.550. The molecule has 118 valence electrons. The van der Waals surface area contributed by atoms with Crippen molar-refractivity contribution in [3.63, 3.8) is 0 Å². The van der Waals surface area contributed by atoms with Gasteiger partial charge in [0.1, 0.15) is 5.76 Å². The molecular weight excluding hydrogens is 296 g/mol. The van der Waals surface area contributed by atoms with Crippen LogP contribution in [0, 0.1) is 0 Å². The van der Waals surface area contributed by atoms with Crippen molar-refractivity contribution in [2.75, 3.05) is 24.5 Å². The fourth-order valence-corrected chi connectivity index (χ4v) is 3.31. The van der Waals surface area contributed by atoms with Gasteiger partial charge in [0.25, 0.3) is 0 Å². The van der Waals surface area contributed by atoms with Crippen molar-refractivity contribution < 1.29 is 4.42 Å². The van der Waals surface area contributed by atoms with Crippen LogP contribution in [0.4, 0.5) is 5.69 Å². The number of hydrogen-bond donors (Lipinski definition) is 0. The number of anilines is 1. The molecule has 0 unspecified atom stereocenters. The van der Waals surface area contributed by atoms with Crippen molar-refractivity contribution in [2.24, 2.45) is 0 Å². The van der Waals surface area contributed by atoms with Crippen LogP contribution in [0.2, 0.25) is 5.02 Å². The minimum atomic E-state index is 0.550. The number of furan rings is 1. The first-order valence-corrected chi connectivity index (χ1v) is 8.41. The summed E-state index contributed by atoms with van der Waals surface area (Å²) in [6.07, 6.45) is 4.13. The zero-order chi connectivity index (χ0) is 15.4. The Bertz CT molecular complexity index is 559. The Labute approximate surface area is 137 Å². The largest absolute Gasteiger partial charge is 0.467 e. The van der Waals surface area contributed by atoms with E-state index in [9.17, 15) is 0 Å². The van der Waals surface area contributed by atoms with Gasteiger partial charge in [0, 0.05) is 29.8 Å². The van der Waals surface area contributed by atoms with Crippen LogP contribution in [0.1, 0.15) is 25.5 Å². The van der Waals surface area contributed by atoms with Crippen molar-refractivity contribution in [1.82, 2.24) is 4.90 Å². The van der Waals surface area contributed by atoms with E-state index in [0.717, 1.165) is 23.9 Å². The molecule has 0 atom stereocenters. The van der Waals surface area contributed by atoms with E-state index in [-0.39, 0.29) is 0 Å². The van der Waals surface area contributed by atoms with E-state index in [0.29, 0.717) is 6.04 Å². The highest BCUT2D eigenvalue weighted by Crippen LogP contribution is 2.27. The first-order chi connectivity index (χ1) is 10.8. The first-order valence-electron chi connectivity index (χ1n) is 8.03. The van der Waals surface area contributed by atoms with E-state index in [1.807, 2.05) is 24.3 Å². The summed E-state index contributed by atoms with van der Waals surface area (Å²) in [6, 6.07) is 12.7. The Morgan fingerprint density at radius 2 is 1.91 bits per heavy atom. The summed E-state index contributed by atoms with van der Waals surface area (Å²) >= 11 is 6.04. The van der Waals surface area contributed by atoms with E-state index >= 15 is 0 Å². The Morgan fingerprint density at radius 3 is 2.50 bits per heavy atom. The summed E-state index contributed by atoms with van der Waals surface area (Å²) in [5.74, 6) is 1.01. The summed E-state index contributed by atoms with van der Waals surface area (Å²) < 4.78 is 5.56. The molecule has 4 heteroatoms. The average Bonchev–Trinajstić information content (AvgIpc) is 3.07. The normalized spacial score (nSPS) is 16.8. The third-order valence-corrected chi connectivity index (χ3v) is 4.76. The fourth-order valence-electron chi connectivity index (χ4n) is 3.18. The standard InChI is InChI=1S/C18H23ClN2O/c1-2-20-11-9-17(10-12-20)21(14-18-4-3-13-22-18)16-7-5-15(19)6-8-16/h3-8,13,17H,2,9-12,14H2,1H3. The van der Waals surface area contributed by atoms with Gasteiger partial charge < -0.3 is 14.2 Å². The Morgan fingerprint density at radius 1 is 1.18 bits per heavy atom. The maximum absolute atomic E-state index is 6.04. The van der Waals surface area contributed by atoms with Crippen molar-refractivity contribution in [2.45, 2.75) is 32.4 Å². The lowest BCUT2D eigenvalue weighted by Crippen LogP contribution is -2.44. The minimum Gasteiger partial charge on any atom is -0.467 e. The highest BCUT2D eigenvalue weighted by Gasteiger charge is 2.25. The van der Waals surface area contributed by atoms with Crippen LogP contribution >= 0.6 is 11.6 Å². The van der Waals surface area contributed by atoms with Crippen LogP contribution < -0.4 is 4.90 Å². The molecule has 3 nitrogen and oxygen atoms in total. The Kier molecular flexibility index (Phi) is 5.06. The molecule has 2 heterocycles. The van der Waals surface area contributed by atoms with Crippen molar-refractivity contribution in [3.8, 4) is 0 Å². The van der Waals surface area contributed by atoms with Gasteiger partial charge in [-0.25, -0.2) is 0 Å². The molecule has 1 aliphatic rings. The molecule has 0 radical (unpaired) electrons. The lowest BCUT2D eigenvalue weighted by molar-refractivity contribution is 0.217. The quantitative estimate of drug-likeness (QED) is 0.813. The summed E-state index contributed by atoms with van der Waals surface area (Å²) in [4.78, 5) is 4.98. The fraction of sp³-hybridized carbons (Fsp3) is 0.444. The monoisotopic (exact) mass is 318 g/mol. The molecule has 3 rings (SSSR count). The SMILES string of the molecule is CCN1CCC(N(Cc2ccco2)c2ccc(Cl)cc2)CC1. The molecule has 0 saturated carbocycles. The molecule has 1 aliphatic heterocycles. The van der Waals surface area contributed by atoms with Crippen LogP contribution in [0.3, 0.4) is 0 Å². The van der Waals surface area contributed by atoms with Gasteiger partial charge in [0.05, 0.1) is 12.8 Å². The number of piperidine rings is 1. The first kappa shape index (κ1) is 15.4. The molecule has 0 amide bonds. The lowest BCUT2D eigenvalue weighted by Gasteiger charge is -2.39. The van der Waals surface area contributed by atoms with E-state index in [2.05, 4.69) is 28.9 Å². The lowest BCUT2D eigenvalue weighted by atomic mass is 10.0. The second-order valence-electron chi connectivity index (χ2n) is 5.85. The van der Waals surface area contributed by atoms with Crippen molar-refractivity contribution in [1.29, 1.82) is 0 Å². The molecule has 0 aliphatic carbocycles. The zero-order valence-electron chi connectivity index (χ0n) is 13.0. The van der Waals surface area contributed by atoms with Crippen LogP contribution in [-0.2, 0) is 6.54 Å². The molecule has 0 spiro atoms. The molecule has 1 aromatic carbocycles. The Hall–Kier alpha value is -1.45. The Balaban J connectivity index is 1.78. The predicted molar refractivity (Wildman–Crippen MR) is 91.5 cm³/mol. The van der Waals surface area contributed by atoms with Gasteiger partial charge in [0.2, 0.25) is 0 Å². The van der Waals surface area contributed by atoms with Gasteiger partial charge in [-0.2, -0.15) is 0 Å². The zero-order valence-corrected chi connectivity index (χ0v) is 13.8. The van der Waals surface area contributed by atoms with Crippen molar-refractivity contribution in [3.05, 3.63) is 53.4 Å². The highest BCUT2D eigenvalue weighted by atomic mass is 35.5. The van der Waals surface area contributed by atoms with Crippen LogP contribution in [0.15, 0.2) is 47.1 Å². The van der Waals surface area contributed by atoms with E-state index in [4.69, 9.17) is 16.0 Å².